The minimum atomic E-state index is -0.125. The highest BCUT2D eigenvalue weighted by Crippen LogP contribution is 2.36. The maximum Gasteiger partial charge on any atom is 0.168 e. The van der Waals surface area contributed by atoms with Crippen molar-refractivity contribution in [2.24, 2.45) is 4.99 Å². The van der Waals surface area contributed by atoms with E-state index < -0.39 is 0 Å². The van der Waals surface area contributed by atoms with E-state index in [4.69, 9.17) is 9.52 Å². The van der Waals surface area contributed by atoms with Crippen molar-refractivity contribution in [1.29, 1.82) is 0 Å². The summed E-state index contributed by atoms with van der Waals surface area (Å²) in [6.45, 7) is 0. The van der Waals surface area contributed by atoms with Crippen molar-refractivity contribution in [3.05, 3.63) is 107 Å². The molecule has 4 aromatic rings. The van der Waals surface area contributed by atoms with Gasteiger partial charge in [-0.05, 0) is 42.2 Å². The molecule has 1 atom stereocenters. The lowest BCUT2D eigenvalue weighted by Gasteiger charge is -2.24. The molecule has 2 aliphatic rings. The fourth-order valence-corrected chi connectivity index (χ4v) is 5.66. The zero-order valence-electron chi connectivity index (χ0n) is 21.0. The molecule has 190 valence electrons. The second kappa shape index (κ2) is 10.2. The van der Waals surface area contributed by atoms with Crippen molar-refractivity contribution in [2.45, 2.75) is 50.9 Å². The van der Waals surface area contributed by atoms with Crippen LogP contribution in [0.1, 0.15) is 65.4 Å². The van der Waals surface area contributed by atoms with Gasteiger partial charge >= 0.3 is 0 Å². The largest absolute Gasteiger partial charge is 0.511 e. The third kappa shape index (κ3) is 4.58. The molecule has 0 saturated heterocycles. The molecule has 0 aliphatic heterocycles. The van der Waals surface area contributed by atoms with Crippen LogP contribution in [0.2, 0.25) is 0 Å². The Morgan fingerprint density at radius 2 is 1.71 bits per heavy atom. The van der Waals surface area contributed by atoms with Gasteiger partial charge in [0.05, 0.1) is 28.2 Å². The number of hydrogen-bond acceptors (Lipinski definition) is 6. The number of rotatable bonds is 6. The van der Waals surface area contributed by atoms with Gasteiger partial charge in [0.2, 0.25) is 0 Å². The predicted octanol–water partition coefficient (Wildman–Crippen LogP) is 7.01. The first kappa shape index (κ1) is 24.0. The first-order chi connectivity index (χ1) is 18.6. The summed E-state index contributed by atoms with van der Waals surface area (Å²) in [4.78, 5) is 31.1. The van der Waals surface area contributed by atoms with Gasteiger partial charge in [0.25, 0.3) is 0 Å². The highest BCUT2D eigenvalue weighted by Gasteiger charge is 2.32. The first-order valence-electron chi connectivity index (χ1n) is 13.1. The quantitative estimate of drug-likeness (QED) is 0.285. The summed E-state index contributed by atoms with van der Waals surface area (Å²) in [6, 6.07) is 23.7. The van der Waals surface area contributed by atoms with E-state index in [9.17, 15) is 14.7 Å². The zero-order valence-corrected chi connectivity index (χ0v) is 21.0. The van der Waals surface area contributed by atoms with Crippen LogP contribution in [0.15, 0.2) is 93.6 Å². The number of hydrogen-bond donors (Lipinski definition) is 1. The van der Waals surface area contributed by atoms with Gasteiger partial charge in [0.15, 0.2) is 11.6 Å². The topological polar surface area (TPSA) is 92.8 Å². The van der Waals surface area contributed by atoms with Crippen molar-refractivity contribution < 1.29 is 19.2 Å². The third-order valence-corrected chi connectivity index (χ3v) is 7.54. The van der Waals surface area contributed by atoms with Crippen LogP contribution >= 0.6 is 0 Å². The number of allylic oxidation sites excluding steroid dienone is 2. The highest BCUT2D eigenvalue weighted by atomic mass is 16.5. The Labute approximate surface area is 220 Å². The molecule has 0 spiro atoms. The normalized spacial score (nSPS) is 18.2. The van der Waals surface area contributed by atoms with Gasteiger partial charge in [0.1, 0.15) is 11.5 Å². The van der Waals surface area contributed by atoms with Crippen LogP contribution < -0.4 is 0 Å². The Morgan fingerprint density at radius 1 is 0.921 bits per heavy atom. The van der Waals surface area contributed by atoms with E-state index in [1.54, 1.807) is 0 Å². The fourth-order valence-electron chi connectivity index (χ4n) is 5.66. The molecule has 1 unspecified atom stereocenters. The minimum absolute atomic E-state index is 0.0524. The Bertz CT molecular complexity index is 1590. The van der Waals surface area contributed by atoms with Gasteiger partial charge in [-0.1, -0.05) is 71.9 Å². The number of aryl methyl sites for hydroxylation is 2. The molecular weight excluding hydrogens is 476 g/mol. The summed E-state index contributed by atoms with van der Waals surface area (Å²) >= 11 is 0. The van der Waals surface area contributed by atoms with Gasteiger partial charge in [-0.3, -0.25) is 14.6 Å². The molecule has 2 aliphatic carbocycles. The van der Waals surface area contributed by atoms with Crippen molar-refractivity contribution in [2.75, 3.05) is 0 Å². The minimum Gasteiger partial charge on any atom is -0.511 e. The monoisotopic (exact) mass is 504 g/mol. The van der Waals surface area contributed by atoms with Gasteiger partial charge < -0.3 is 9.63 Å². The summed E-state index contributed by atoms with van der Waals surface area (Å²) in [6.07, 6.45) is 3.37. The van der Waals surface area contributed by atoms with Crippen LogP contribution in [0.25, 0.3) is 10.8 Å². The van der Waals surface area contributed by atoms with Crippen LogP contribution in [-0.4, -0.2) is 27.5 Å². The molecule has 0 radical (unpaired) electrons. The van der Waals surface area contributed by atoms with Gasteiger partial charge in [-0.25, -0.2) is 0 Å². The lowest BCUT2D eigenvalue weighted by Crippen LogP contribution is -2.24. The summed E-state index contributed by atoms with van der Waals surface area (Å²) in [5, 5.41) is 17.4. The number of aliphatic hydroxyl groups excluding tert-OH is 1. The summed E-state index contributed by atoms with van der Waals surface area (Å²) in [5.74, 6) is 0.556. The van der Waals surface area contributed by atoms with Crippen LogP contribution in [0, 0.1) is 0 Å². The Kier molecular flexibility index (Phi) is 6.46. The Hall–Kier alpha value is -4.32. The molecule has 0 fully saturated rings. The Balaban J connectivity index is 1.39. The van der Waals surface area contributed by atoms with Crippen LogP contribution in [0.5, 0.6) is 0 Å². The van der Waals surface area contributed by atoms with Crippen LogP contribution in [0.4, 0.5) is 5.69 Å². The number of carbonyl (C=O) groups excluding carboxylic acids is 2. The van der Waals surface area contributed by atoms with E-state index in [0.717, 1.165) is 28.4 Å². The van der Waals surface area contributed by atoms with Crippen LogP contribution in [-0.2, 0) is 17.6 Å². The molecule has 6 rings (SSSR count). The number of Topliss-reactive ketones (excluding diaryl/α,β-unsaturated/α-hetero) is 2. The summed E-state index contributed by atoms with van der Waals surface area (Å²) < 4.78 is 5.48. The van der Waals surface area contributed by atoms with E-state index >= 15 is 0 Å². The summed E-state index contributed by atoms with van der Waals surface area (Å²) in [5.41, 5.74) is 3.74. The lowest BCUT2D eigenvalue weighted by molar-refractivity contribution is -0.116. The molecular formula is C32H28N2O4. The lowest BCUT2D eigenvalue weighted by atomic mass is 9.80. The number of fused-ring (bicyclic) bond motifs is 2. The number of ketones is 2. The molecule has 1 heterocycles. The summed E-state index contributed by atoms with van der Waals surface area (Å²) in [7, 11) is 0. The predicted molar refractivity (Wildman–Crippen MR) is 146 cm³/mol. The third-order valence-electron chi connectivity index (χ3n) is 7.54. The first-order valence-corrected chi connectivity index (χ1v) is 13.1. The second-order valence-electron chi connectivity index (χ2n) is 10.0. The SMILES string of the molecule is O=C1CC(c2ccccc2)CC(O)=C1C(CCc1noc2c1C(=O)CCC2)=Nc1cccc2ccccc12. The number of aromatic nitrogens is 1. The van der Waals surface area contributed by atoms with Gasteiger partial charge in [0, 0.05) is 31.1 Å². The van der Waals surface area contributed by atoms with E-state index in [1.165, 1.54) is 0 Å². The number of carbonyl (C=O) groups is 2. The molecule has 1 aromatic heterocycles. The maximum absolute atomic E-state index is 13.5. The molecule has 0 bridgehead atoms. The zero-order chi connectivity index (χ0) is 26.1. The standard InChI is InChI=1S/C32H28N2O4/c35-27-14-7-15-30-32(27)26(34-38-30)17-16-25(33-24-13-6-11-21-10-4-5-12-23(21)24)31-28(36)18-22(19-29(31)37)20-8-2-1-3-9-20/h1-6,8-13,22,36H,7,14-19H2. The fraction of sp³-hybridized carbons (Fsp3) is 0.250. The molecule has 38 heavy (non-hydrogen) atoms. The number of nitrogens with zero attached hydrogens (tertiary/aromatic N) is 2. The van der Waals surface area contributed by atoms with Crippen molar-refractivity contribution in [3.8, 4) is 0 Å². The Morgan fingerprint density at radius 3 is 2.55 bits per heavy atom. The second-order valence-corrected chi connectivity index (χ2v) is 10.0. The van der Waals surface area contributed by atoms with Crippen molar-refractivity contribution in [3.63, 3.8) is 0 Å². The smallest absolute Gasteiger partial charge is 0.168 e. The number of aliphatic hydroxyl groups is 1. The van der Waals surface area contributed by atoms with Gasteiger partial charge in [-0.2, -0.15) is 0 Å². The van der Waals surface area contributed by atoms with E-state index in [-0.39, 0.29) is 28.8 Å². The molecule has 6 heteroatoms. The van der Waals surface area contributed by atoms with E-state index in [0.29, 0.717) is 61.3 Å². The number of benzene rings is 3. The maximum atomic E-state index is 13.5. The molecule has 0 saturated carbocycles. The van der Waals surface area contributed by atoms with Gasteiger partial charge in [-0.15, -0.1) is 0 Å². The average Bonchev–Trinajstić information content (AvgIpc) is 3.36. The van der Waals surface area contributed by atoms with Crippen molar-refractivity contribution >= 4 is 33.7 Å². The molecule has 3 aromatic carbocycles. The average molecular weight is 505 g/mol. The molecule has 6 nitrogen and oxygen atoms in total. The number of aliphatic imine (C=N–C) groups is 1. The van der Waals surface area contributed by atoms with Crippen LogP contribution in [0.3, 0.4) is 0 Å². The van der Waals surface area contributed by atoms with Crippen molar-refractivity contribution in [1.82, 2.24) is 5.16 Å². The molecule has 0 amide bonds. The van der Waals surface area contributed by atoms with E-state index in [2.05, 4.69) is 5.16 Å². The highest BCUT2D eigenvalue weighted by molar-refractivity contribution is 6.24. The van der Waals surface area contributed by atoms with E-state index in [1.807, 2.05) is 72.8 Å². The molecule has 1 N–H and O–H groups in total.